The Kier molecular flexibility index (Phi) is 4.59. The van der Waals surface area contributed by atoms with Gasteiger partial charge in [-0.1, -0.05) is 0 Å². The lowest BCUT2D eigenvalue weighted by Gasteiger charge is -2.18. The molecule has 0 radical (unpaired) electrons. The van der Waals surface area contributed by atoms with Gasteiger partial charge in [-0.15, -0.1) is 11.8 Å². The average Bonchev–Trinajstić information content (AvgIpc) is 2.36. The molecule has 1 heterocycles. The summed E-state index contributed by atoms with van der Waals surface area (Å²) in [6.07, 6.45) is 0. The summed E-state index contributed by atoms with van der Waals surface area (Å²) >= 11 is 0.964. The molecular weight excluding hydrogens is 344 g/mol. The van der Waals surface area contributed by atoms with Crippen LogP contribution in [-0.4, -0.2) is 37.4 Å². The number of anilines is 1. The van der Waals surface area contributed by atoms with Crippen LogP contribution in [0.2, 0.25) is 0 Å². The molecule has 21 heavy (non-hydrogen) atoms. The van der Waals surface area contributed by atoms with Crippen molar-refractivity contribution in [2.24, 2.45) is 0 Å². The monoisotopic (exact) mass is 352 g/mol. The van der Waals surface area contributed by atoms with Gasteiger partial charge in [0.2, 0.25) is 9.05 Å². The van der Waals surface area contributed by atoms with Crippen LogP contribution < -0.4 is 10.1 Å². The molecule has 8 nitrogen and oxygen atoms in total. The summed E-state index contributed by atoms with van der Waals surface area (Å²) in [5.41, 5.74) is 0.0925. The van der Waals surface area contributed by atoms with E-state index in [-0.39, 0.29) is 40.4 Å². The highest BCUT2D eigenvalue weighted by molar-refractivity contribution is 8.14. The highest BCUT2D eigenvalue weighted by atomic mass is 35.7. The summed E-state index contributed by atoms with van der Waals surface area (Å²) in [7, 11) is 1.42. The molecule has 1 N–H and O–H groups in total. The van der Waals surface area contributed by atoms with Gasteiger partial charge in [-0.3, -0.25) is 14.9 Å². The molecule has 0 saturated carbocycles. The summed E-state index contributed by atoms with van der Waals surface area (Å²) in [5, 5.41) is 13.6. The van der Waals surface area contributed by atoms with Gasteiger partial charge < -0.3 is 10.1 Å². The maximum Gasteiger partial charge on any atom is 0.286 e. The van der Waals surface area contributed by atoms with Gasteiger partial charge in [0.25, 0.3) is 11.6 Å². The van der Waals surface area contributed by atoms with Crippen molar-refractivity contribution in [1.82, 2.24) is 0 Å². The van der Waals surface area contributed by atoms with Gasteiger partial charge in [0.05, 0.1) is 27.3 Å². The molecule has 0 fully saturated rings. The third-order valence-corrected chi connectivity index (χ3v) is 4.93. The van der Waals surface area contributed by atoms with Crippen LogP contribution in [0.1, 0.15) is 0 Å². The number of nitrogens with zero attached hydrogens (tertiary/aromatic N) is 1. The van der Waals surface area contributed by atoms with Crippen LogP contribution in [0.4, 0.5) is 11.4 Å². The Hall–Kier alpha value is -1.52. The maximum absolute atomic E-state index is 11.2. The van der Waals surface area contributed by atoms with Gasteiger partial charge in [-0.25, -0.2) is 8.42 Å². The smallest absolute Gasteiger partial charge is 0.286 e. The molecule has 114 valence electrons. The maximum atomic E-state index is 11.2. The fourth-order valence-corrected chi connectivity index (χ4v) is 4.00. The first-order valence-electron chi connectivity index (χ1n) is 5.56. The number of halogens is 1. The minimum Gasteiger partial charge on any atom is -0.481 e. The molecule has 0 bridgehead atoms. The molecule has 0 aromatic heterocycles. The van der Waals surface area contributed by atoms with E-state index in [0.29, 0.717) is 5.69 Å². The molecule has 0 aliphatic carbocycles. The zero-order valence-corrected chi connectivity index (χ0v) is 12.8. The fourth-order valence-electron chi connectivity index (χ4n) is 1.61. The minimum atomic E-state index is -3.67. The first-order valence-corrected chi connectivity index (χ1v) is 9.03. The van der Waals surface area contributed by atoms with E-state index >= 15 is 0 Å². The Balaban J connectivity index is 2.28. The van der Waals surface area contributed by atoms with E-state index in [0.717, 1.165) is 11.8 Å². The van der Waals surface area contributed by atoms with Crippen LogP contribution in [0.5, 0.6) is 5.75 Å². The number of nitro benzene ring substituents is 1. The Labute approximate surface area is 128 Å². The van der Waals surface area contributed by atoms with Crippen molar-refractivity contribution in [1.29, 1.82) is 0 Å². The summed E-state index contributed by atoms with van der Waals surface area (Å²) < 4.78 is 26.8. The van der Waals surface area contributed by atoms with Crippen LogP contribution in [0.25, 0.3) is 0 Å². The van der Waals surface area contributed by atoms with Crippen molar-refractivity contribution < 1.29 is 22.9 Å². The Morgan fingerprint density at radius 3 is 2.81 bits per heavy atom. The molecule has 1 aromatic carbocycles. The number of thioether (sulfide) groups is 1. The first-order chi connectivity index (χ1) is 9.76. The Morgan fingerprint density at radius 2 is 2.19 bits per heavy atom. The topological polar surface area (TPSA) is 116 Å². The molecule has 2 rings (SSSR count). The Morgan fingerprint density at radius 1 is 1.48 bits per heavy atom. The van der Waals surface area contributed by atoms with E-state index in [1.54, 1.807) is 0 Å². The van der Waals surface area contributed by atoms with Gasteiger partial charge in [0, 0.05) is 16.4 Å². The number of rotatable bonds is 5. The van der Waals surface area contributed by atoms with Crippen molar-refractivity contribution in [3.05, 3.63) is 22.2 Å². The number of fused-ring (bicyclic) bond motifs is 1. The lowest BCUT2D eigenvalue weighted by molar-refractivity contribution is -0.387. The van der Waals surface area contributed by atoms with Crippen LogP contribution in [-0.2, 0) is 13.8 Å². The van der Waals surface area contributed by atoms with Gasteiger partial charge in [0.15, 0.2) is 12.4 Å². The number of amides is 1. The summed E-state index contributed by atoms with van der Waals surface area (Å²) in [4.78, 5) is 21.9. The molecule has 0 saturated heterocycles. The number of carbonyl (C=O) groups excluding carboxylic acids is 1. The third-order valence-electron chi connectivity index (χ3n) is 2.48. The van der Waals surface area contributed by atoms with Gasteiger partial charge in [0.1, 0.15) is 0 Å². The van der Waals surface area contributed by atoms with Gasteiger partial charge >= 0.3 is 0 Å². The van der Waals surface area contributed by atoms with E-state index in [1.807, 2.05) is 0 Å². The van der Waals surface area contributed by atoms with E-state index < -0.39 is 14.0 Å². The van der Waals surface area contributed by atoms with Crippen molar-refractivity contribution in [2.75, 3.05) is 23.4 Å². The lowest BCUT2D eigenvalue weighted by atomic mass is 10.2. The van der Waals surface area contributed by atoms with E-state index in [2.05, 4.69) is 5.32 Å². The SMILES string of the molecule is O=C1COc2cc([N+](=O)[O-])c(SCCS(=O)(=O)Cl)cc2N1. The number of ether oxygens (including phenoxy) is 1. The first kappa shape index (κ1) is 15.9. The third kappa shape index (κ3) is 4.22. The lowest BCUT2D eigenvalue weighted by Crippen LogP contribution is -2.25. The van der Waals surface area contributed by atoms with E-state index in [4.69, 9.17) is 15.4 Å². The molecule has 1 aromatic rings. The van der Waals surface area contributed by atoms with Crippen LogP contribution in [0.15, 0.2) is 17.0 Å². The van der Waals surface area contributed by atoms with Crippen LogP contribution in [0, 0.1) is 10.1 Å². The van der Waals surface area contributed by atoms with Crippen molar-refractivity contribution in [3.8, 4) is 5.75 Å². The molecule has 0 spiro atoms. The molecule has 1 aliphatic heterocycles. The highest BCUT2D eigenvalue weighted by Gasteiger charge is 2.24. The standard InChI is InChI=1S/C10H9ClN2O6S2/c11-21(17,18)2-1-20-9-3-6-8(4-7(9)13(15)16)19-5-10(14)12-6/h3-4H,1-2,5H2,(H,12,14). The predicted octanol–water partition coefficient (Wildman–Crippen LogP) is 1.59. The van der Waals surface area contributed by atoms with Crippen LogP contribution in [0.3, 0.4) is 0 Å². The quantitative estimate of drug-likeness (QED) is 0.370. The highest BCUT2D eigenvalue weighted by Crippen LogP contribution is 2.39. The summed E-state index contributed by atoms with van der Waals surface area (Å²) in [6, 6.07) is 2.59. The zero-order valence-electron chi connectivity index (χ0n) is 10.4. The van der Waals surface area contributed by atoms with Crippen molar-refractivity contribution in [2.45, 2.75) is 4.90 Å². The molecule has 11 heteroatoms. The average molecular weight is 353 g/mol. The van der Waals surface area contributed by atoms with E-state index in [9.17, 15) is 23.3 Å². The number of carbonyl (C=O) groups is 1. The Bertz CT molecular complexity index is 706. The van der Waals surface area contributed by atoms with Crippen molar-refractivity contribution in [3.63, 3.8) is 0 Å². The predicted molar refractivity (Wildman–Crippen MR) is 77.6 cm³/mol. The largest absolute Gasteiger partial charge is 0.481 e. The molecular formula is C10H9ClN2O6S2. The van der Waals surface area contributed by atoms with Crippen molar-refractivity contribution >= 4 is 48.8 Å². The molecule has 0 atom stereocenters. The second kappa shape index (κ2) is 6.08. The summed E-state index contributed by atoms with van der Waals surface area (Å²) in [6.45, 7) is -0.207. The zero-order chi connectivity index (χ0) is 15.6. The van der Waals surface area contributed by atoms with Crippen LogP contribution >= 0.6 is 22.4 Å². The second-order valence-corrected chi connectivity index (χ2v) is 8.03. The number of benzene rings is 1. The number of hydrogen-bond donors (Lipinski definition) is 1. The molecule has 1 amide bonds. The normalized spacial score (nSPS) is 14.0. The fraction of sp³-hybridized carbons (Fsp3) is 0.300. The van der Waals surface area contributed by atoms with Gasteiger partial charge in [-0.2, -0.15) is 0 Å². The van der Waals surface area contributed by atoms with Gasteiger partial charge in [-0.05, 0) is 6.07 Å². The molecule has 1 aliphatic rings. The number of nitrogens with one attached hydrogen (secondary N) is 1. The van der Waals surface area contributed by atoms with E-state index in [1.165, 1.54) is 12.1 Å². The summed E-state index contributed by atoms with van der Waals surface area (Å²) in [5.74, 6) is -0.428. The molecule has 0 unspecified atom stereocenters. The number of hydrogen-bond acceptors (Lipinski definition) is 7. The minimum absolute atomic E-state index is 0.0558. The second-order valence-electron chi connectivity index (χ2n) is 4.00. The number of nitro groups is 1.